The molecule has 0 atom stereocenters. The van der Waals surface area contributed by atoms with Crippen molar-refractivity contribution in [1.29, 1.82) is 0 Å². The first-order chi connectivity index (χ1) is 9.29. The highest BCUT2D eigenvalue weighted by Gasteiger charge is 2.15. The Morgan fingerprint density at radius 2 is 2.05 bits per heavy atom. The standard InChI is InChI=1S/C14H11N3O2/c1-19-11-5-3-10(4-6-11)13(18)12-9-16-17-8-2-7-15-14(12)17/h2-9H,1H3. The second-order valence-electron chi connectivity index (χ2n) is 4.00. The van der Waals surface area contributed by atoms with Gasteiger partial charge in [0.1, 0.15) is 5.75 Å². The molecule has 0 unspecified atom stereocenters. The smallest absolute Gasteiger partial charge is 0.198 e. The van der Waals surface area contributed by atoms with Crippen LogP contribution >= 0.6 is 0 Å². The zero-order chi connectivity index (χ0) is 13.2. The Morgan fingerprint density at radius 3 is 2.79 bits per heavy atom. The number of carbonyl (C=O) groups excluding carboxylic acids is 1. The summed E-state index contributed by atoms with van der Waals surface area (Å²) in [4.78, 5) is 16.6. The van der Waals surface area contributed by atoms with E-state index in [9.17, 15) is 4.79 Å². The van der Waals surface area contributed by atoms with E-state index in [1.54, 1.807) is 54.4 Å². The van der Waals surface area contributed by atoms with Gasteiger partial charge in [-0.1, -0.05) is 0 Å². The molecule has 0 aliphatic heterocycles. The molecule has 0 saturated carbocycles. The fourth-order valence-electron chi connectivity index (χ4n) is 1.89. The number of nitrogens with zero attached hydrogens (tertiary/aromatic N) is 3. The number of carbonyl (C=O) groups is 1. The van der Waals surface area contributed by atoms with Gasteiger partial charge in [-0.2, -0.15) is 5.10 Å². The van der Waals surface area contributed by atoms with Gasteiger partial charge < -0.3 is 4.74 Å². The van der Waals surface area contributed by atoms with Crippen LogP contribution in [0.15, 0.2) is 48.9 Å². The summed E-state index contributed by atoms with van der Waals surface area (Å²) in [7, 11) is 1.59. The molecule has 0 fully saturated rings. The molecule has 0 aliphatic carbocycles. The van der Waals surface area contributed by atoms with Gasteiger partial charge in [-0.15, -0.1) is 0 Å². The lowest BCUT2D eigenvalue weighted by Gasteiger charge is -2.01. The van der Waals surface area contributed by atoms with Gasteiger partial charge in [-0.3, -0.25) is 4.79 Å². The van der Waals surface area contributed by atoms with Crippen molar-refractivity contribution in [2.24, 2.45) is 0 Å². The van der Waals surface area contributed by atoms with Crippen LogP contribution in [0.25, 0.3) is 5.65 Å². The lowest BCUT2D eigenvalue weighted by molar-refractivity contribution is 0.104. The maximum absolute atomic E-state index is 12.4. The minimum Gasteiger partial charge on any atom is -0.497 e. The average Bonchev–Trinajstić information content (AvgIpc) is 2.90. The second kappa shape index (κ2) is 4.53. The Bertz CT molecular complexity index is 732. The normalized spacial score (nSPS) is 10.6. The summed E-state index contributed by atoms with van der Waals surface area (Å²) in [5.74, 6) is 0.617. The number of fused-ring (bicyclic) bond motifs is 1. The van der Waals surface area contributed by atoms with Crippen LogP contribution in [0, 0.1) is 0 Å². The first-order valence-electron chi connectivity index (χ1n) is 5.77. The minimum absolute atomic E-state index is 0.101. The molecule has 0 N–H and O–H groups in total. The maximum atomic E-state index is 12.4. The van der Waals surface area contributed by atoms with E-state index in [4.69, 9.17) is 4.74 Å². The Kier molecular flexibility index (Phi) is 2.72. The molecule has 0 amide bonds. The average molecular weight is 253 g/mol. The highest BCUT2D eigenvalue weighted by Crippen LogP contribution is 2.17. The molecule has 2 heterocycles. The van der Waals surface area contributed by atoms with Gasteiger partial charge in [0.2, 0.25) is 0 Å². The molecule has 5 nitrogen and oxygen atoms in total. The van der Waals surface area contributed by atoms with Crippen LogP contribution in [0.4, 0.5) is 0 Å². The SMILES string of the molecule is COc1ccc(C(=O)c2cnn3cccnc23)cc1. The lowest BCUT2D eigenvalue weighted by Crippen LogP contribution is -2.01. The molecule has 3 aromatic rings. The third-order valence-electron chi connectivity index (χ3n) is 2.88. The number of ketones is 1. The summed E-state index contributed by atoms with van der Waals surface area (Å²) >= 11 is 0. The number of hydrogen-bond donors (Lipinski definition) is 0. The van der Waals surface area contributed by atoms with E-state index in [0.717, 1.165) is 5.75 Å². The summed E-state index contributed by atoms with van der Waals surface area (Å²) in [6.07, 6.45) is 4.93. The molecule has 2 aromatic heterocycles. The molecule has 0 radical (unpaired) electrons. The van der Waals surface area contributed by atoms with Gasteiger partial charge in [-0.05, 0) is 30.3 Å². The quantitative estimate of drug-likeness (QED) is 0.670. The predicted molar refractivity (Wildman–Crippen MR) is 69.4 cm³/mol. The Labute approximate surface area is 109 Å². The van der Waals surface area contributed by atoms with Gasteiger partial charge in [0.15, 0.2) is 11.4 Å². The van der Waals surface area contributed by atoms with Crippen molar-refractivity contribution < 1.29 is 9.53 Å². The first-order valence-corrected chi connectivity index (χ1v) is 5.77. The van der Waals surface area contributed by atoms with Crippen LogP contribution in [0.5, 0.6) is 5.75 Å². The summed E-state index contributed by atoms with van der Waals surface area (Å²) in [5.41, 5.74) is 1.63. The number of benzene rings is 1. The fourth-order valence-corrected chi connectivity index (χ4v) is 1.89. The van der Waals surface area contributed by atoms with Gasteiger partial charge in [0.05, 0.1) is 18.9 Å². The fraction of sp³-hybridized carbons (Fsp3) is 0.0714. The van der Waals surface area contributed by atoms with Crippen molar-refractivity contribution in [2.45, 2.75) is 0 Å². The highest BCUT2D eigenvalue weighted by atomic mass is 16.5. The molecule has 3 rings (SSSR count). The summed E-state index contributed by atoms with van der Waals surface area (Å²) in [6, 6.07) is 8.74. The monoisotopic (exact) mass is 253 g/mol. The molecule has 0 saturated heterocycles. The van der Waals surface area contributed by atoms with Crippen LogP contribution in [0.3, 0.4) is 0 Å². The van der Waals surface area contributed by atoms with Crippen LogP contribution in [-0.4, -0.2) is 27.5 Å². The van der Waals surface area contributed by atoms with Crippen molar-refractivity contribution in [2.75, 3.05) is 7.11 Å². The molecule has 0 spiro atoms. The second-order valence-corrected chi connectivity index (χ2v) is 4.00. The molecule has 0 bridgehead atoms. The van der Waals surface area contributed by atoms with Gasteiger partial charge >= 0.3 is 0 Å². The van der Waals surface area contributed by atoms with E-state index in [0.29, 0.717) is 16.8 Å². The van der Waals surface area contributed by atoms with Gasteiger partial charge in [-0.25, -0.2) is 9.50 Å². The van der Waals surface area contributed by atoms with E-state index in [1.807, 2.05) is 0 Å². The number of hydrogen-bond acceptors (Lipinski definition) is 4. The minimum atomic E-state index is -0.101. The molecular formula is C14H11N3O2. The molecule has 94 valence electrons. The summed E-state index contributed by atoms with van der Waals surface area (Å²) in [5, 5.41) is 4.11. The topological polar surface area (TPSA) is 56.5 Å². The first kappa shape index (κ1) is 11.4. The number of rotatable bonds is 3. The molecule has 19 heavy (non-hydrogen) atoms. The Hall–Kier alpha value is -2.69. The Balaban J connectivity index is 2.03. The Morgan fingerprint density at radius 1 is 1.26 bits per heavy atom. The number of methoxy groups -OCH3 is 1. The van der Waals surface area contributed by atoms with Crippen LogP contribution in [0.2, 0.25) is 0 Å². The summed E-state index contributed by atoms with van der Waals surface area (Å²) in [6.45, 7) is 0. The van der Waals surface area contributed by atoms with Crippen LogP contribution in [0.1, 0.15) is 15.9 Å². The largest absolute Gasteiger partial charge is 0.497 e. The van der Waals surface area contributed by atoms with Crippen molar-refractivity contribution in [3.63, 3.8) is 0 Å². The van der Waals surface area contributed by atoms with Crippen LogP contribution < -0.4 is 4.74 Å². The maximum Gasteiger partial charge on any atom is 0.198 e. The van der Waals surface area contributed by atoms with E-state index < -0.39 is 0 Å². The van der Waals surface area contributed by atoms with Gasteiger partial charge in [0, 0.05) is 18.0 Å². The number of aromatic nitrogens is 3. The molecular weight excluding hydrogens is 242 g/mol. The summed E-state index contributed by atoms with van der Waals surface area (Å²) < 4.78 is 6.65. The van der Waals surface area contributed by atoms with Crippen molar-refractivity contribution in [3.05, 3.63) is 60.0 Å². The van der Waals surface area contributed by atoms with Crippen LogP contribution in [-0.2, 0) is 0 Å². The third kappa shape index (κ3) is 1.95. The third-order valence-corrected chi connectivity index (χ3v) is 2.88. The molecule has 1 aromatic carbocycles. The molecule has 5 heteroatoms. The van der Waals surface area contributed by atoms with Crippen molar-refractivity contribution >= 4 is 11.4 Å². The number of ether oxygens (including phenoxy) is 1. The van der Waals surface area contributed by atoms with Crippen molar-refractivity contribution in [3.8, 4) is 5.75 Å². The van der Waals surface area contributed by atoms with E-state index in [-0.39, 0.29) is 5.78 Å². The van der Waals surface area contributed by atoms with E-state index >= 15 is 0 Å². The lowest BCUT2D eigenvalue weighted by atomic mass is 10.1. The molecule has 0 aliphatic rings. The predicted octanol–water partition coefficient (Wildman–Crippen LogP) is 1.97. The zero-order valence-corrected chi connectivity index (χ0v) is 10.3. The van der Waals surface area contributed by atoms with E-state index in [1.165, 1.54) is 6.20 Å². The van der Waals surface area contributed by atoms with Crippen molar-refractivity contribution in [1.82, 2.24) is 14.6 Å². The van der Waals surface area contributed by atoms with Gasteiger partial charge in [0.25, 0.3) is 0 Å². The highest BCUT2D eigenvalue weighted by molar-refractivity contribution is 6.12. The van der Waals surface area contributed by atoms with E-state index in [2.05, 4.69) is 10.1 Å². The zero-order valence-electron chi connectivity index (χ0n) is 10.3.